The fourth-order valence-electron chi connectivity index (χ4n) is 13.6. The zero-order chi connectivity index (χ0) is 47.9. The normalized spacial score (nSPS) is 15.3. The van der Waals surface area contributed by atoms with Crippen LogP contribution in [0, 0.1) is 6.92 Å². The van der Waals surface area contributed by atoms with Crippen LogP contribution in [0.5, 0.6) is 0 Å². The summed E-state index contributed by atoms with van der Waals surface area (Å²) < 4.78 is 13.9. The van der Waals surface area contributed by atoms with Gasteiger partial charge in [-0.3, -0.25) is 0 Å². The van der Waals surface area contributed by atoms with Gasteiger partial charge in [0.15, 0.2) is 0 Å². The zero-order valence-corrected chi connectivity index (χ0v) is 41.1. The maximum Gasteiger partial charge on any atom is 0.144 e. The summed E-state index contributed by atoms with van der Waals surface area (Å²) in [7, 11) is 0. The van der Waals surface area contributed by atoms with E-state index in [0.717, 1.165) is 55.9 Å². The van der Waals surface area contributed by atoms with Gasteiger partial charge >= 0.3 is 0 Å². The molecule has 71 heavy (non-hydrogen) atoms. The van der Waals surface area contributed by atoms with E-state index in [1.165, 1.54) is 99.3 Å². The average Bonchev–Trinajstić information content (AvgIpc) is 4.15. The van der Waals surface area contributed by atoms with Crippen LogP contribution in [0.15, 0.2) is 191 Å². The van der Waals surface area contributed by atoms with Gasteiger partial charge < -0.3 is 13.7 Å². The van der Waals surface area contributed by atoms with Crippen molar-refractivity contribution in [2.45, 2.75) is 64.7 Å². The minimum atomic E-state index is -0.321. The van der Waals surface area contributed by atoms with Crippen molar-refractivity contribution < 1.29 is 8.83 Å². The highest BCUT2D eigenvalue weighted by Crippen LogP contribution is 2.64. The molecule has 340 valence electrons. The first-order valence-electron chi connectivity index (χ1n) is 25.2. The van der Waals surface area contributed by atoms with E-state index in [0.29, 0.717) is 0 Å². The number of hydrogen-bond donors (Lipinski definition) is 0. The molecule has 12 aromatic rings. The molecule has 0 fully saturated rings. The summed E-state index contributed by atoms with van der Waals surface area (Å²) in [5.74, 6) is 0. The number of hydrogen-bond acceptors (Lipinski definition) is 3. The highest BCUT2D eigenvalue weighted by atomic mass is 16.3. The lowest BCUT2D eigenvalue weighted by Gasteiger charge is -2.32. The highest BCUT2D eigenvalue weighted by molar-refractivity contribution is 6.21. The summed E-state index contributed by atoms with van der Waals surface area (Å²) in [5.41, 5.74) is 25.6. The van der Waals surface area contributed by atoms with Gasteiger partial charge in [0.2, 0.25) is 0 Å². The number of fused-ring (bicyclic) bond motifs is 20. The Kier molecular flexibility index (Phi) is 7.91. The van der Waals surface area contributed by atoms with E-state index in [1.54, 1.807) is 0 Å². The largest absolute Gasteiger partial charge is 0.455 e. The molecule has 0 atom stereocenters. The van der Waals surface area contributed by atoms with Crippen molar-refractivity contribution in [3.8, 4) is 44.5 Å². The second-order valence-corrected chi connectivity index (χ2v) is 22.1. The average molecular weight is 914 g/mol. The molecule has 0 aliphatic heterocycles. The number of nitrogens with zero attached hydrogens (tertiary/aromatic N) is 1. The number of para-hydroxylation sites is 2. The minimum Gasteiger partial charge on any atom is -0.455 e. The minimum absolute atomic E-state index is 0.224. The van der Waals surface area contributed by atoms with Gasteiger partial charge in [0, 0.05) is 66.0 Å². The summed E-state index contributed by atoms with van der Waals surface area (Å²) >= 11 is 0. The van der Waals surface area contributed by atoms with Crippen molar-refractivity contribution in [2.24, 2.45) is 0 Å². The highest BCUT2D eigenvalue weighted by Gasteiger charge is 2.49. The molecule has 10 aromatic carbocycles. The van der Waals surface area contributed by atoms with Gasteiger partial charge in [-0.25, -0.2) is 0 Å². The first-order valence-corrected chi connectivity index (χ1v) is 25.2. The van der Waals surface area contributed by atoms with Gasteiger partial charge in [-0.15, -0.1) is 0 Å². The molecule has 3 aliphatic rings. The van der Waals surface area contributed by atoms with Crippen LogP contribution in [0.1, 0.15) is 80.5 Å². The molecular formula is C68H51NO2. The van der Waals surface area contributed by atoms with Crippen LogP contribution in [0.2, 0.25) is 0 Å². The molecule has 0 spiro atoms. The maximum absolute atomic E-state index is 6.99. The van der Waals surface area contributed by atoms with E-state index in [-0.39, 0.29) is 16.2 Å². The maximum atomic E-state index is 6.99. The van der Waals surface area contributed by atoms with Gasteiger partial charge in [0.25, 0.3) is 0 Å². The van der Waals surface area contributed by atoms with Crippen molar-refractivity contribution in [1.82, 2.24) is 0 Å². The smallest absolute Gasteiger partial charge is 0.144 e. The van der Waals surface area contributed by atoms with Crippen molar-refractivity contribution in [3.05, 3.63) is 221 Å². The molecule has 0 amide bonds. The summed E-state index contributed by atoms with van der Waals surface area (Å²) in [6, 6.07) is 67.5. The molecule has 0 unspecified atom stereocenters. The van der Waals surface area contributed by atoms with Gasteiger partial charge in [-0.2, -0.15) is 0 Å². The first kappa shape index (κ1) is 40.7. The van der Waals surface area contributed by atoms with Crippen LogP contribution in [0.25, 0.3) is 99.2 Å². The molecule has 2 heterocycles. The molecule has 0 bridgehead atoms. The quantitative estimate of drug-likeness (QED) is 0.176. The standard InChI is InChI=1S/C68H51NO2/c1-38-24-28-42(29-25-38)69(44-31-33-47-53(36-44)68(6,7)62-58(47)60-49-20-12-15-23-56(49)71-65(60)61-45-18-10-13-21-51(45)67(4,5)63(61)62)43-30-32-46-52(35-43)66(2,3)54-37-50(41-27-26-39-16-8-9-17-40(39)34-41)64-59(57(46)54)48-19-11-14-22-55(48)70-64/h8-37H,1-7H3. The predicted octanol–water partition coefficient (Wildman–Crippen LogP) is 19.0. The Morgan fingerprint density at radius 3 is 1.62 bits per heavy atom. The molecule has 0 saturated heterocycles. The van der Waals surface area contributed by atoms with E-state index in [2.05, 4.69) is 235 Å². The molecular weight excluding hydrogens is 863 g/mol. The number of anilines is 3. The van der Waals surface area contributed by atoms with Crippen LogP contribution in [0.3, 0.4) is 0 Å². The van der Waals surface area contributed by atoms with Gasteiger partial charge in [0.05, 0.1) is 0 Å². The van der Waals surface area contributed by atoms with Gasteiger partial charge in [-0.1, -0.05) is 168 Å². The van der Waals surface area contributed by atoms with Crippen molar-refractivity contribution in [3.63, 3.8) is 0 Å². The second kappa shape index (κ2) is 13.8. The molecule has 15 rings (SSSR count). The number of aryl methyl sites for hydroxylation is 1. The van der Waals surface area contributed by atoms with Crippen LogP contribution >= 0.6 is 0 Å². The third-order valence-electron chi connectivity index (χ3n) is 17.0. The summed E-state index contributed by atoms with van der Waals surface area (Å²) in [6.07, 6.45) is 0. The molecule has 0 saturated carbocycles. The molecule has 0 radical (unpaired) electrons. The Morgan fingerprint density at radius 1 is 0.366 bits per heavy atom. The second-order valence-electron chi connectivity index (χ2n) is 22.1. The lowest BCUT2D eigenvalue weighted by Crippen LogP contribution is -2.24. The summed E-state index contributed by atoms with van der Waals surface area (Å²) in [6.45, 7) is 16.7. The van der Waals surface area contributed by atoms with Gasteiger partial charge in [0.1, 0.15) is 22.3 Å². The number of furan rings is 2. The third kappa shape index (κ3) is 5.28. The zero-order valence-electron chi connectivity index (χ0n) is 41.1. The topological polar surface area (TPSA) is 29.5 Å². The van der Waals surface area contributed by atoms with E-state index in [9.17, 15) is 0 Å². The molecule has 0 N–H and O–H groups in total. The van der Waals surface area contributed by atoms with E-state index >= 15 is 0 Å². The Hall–Kier alpha value is -8.14. The molecule has 2 aromatic heterocycles. The Balaban J connectivity index is 0.937. The molecule has 3 aliphatic carbocycles. The van der Waals surface area contributed by atoms with Crippen LogP contribution < -0.4 is 4.90 Å². The first-order chi connectivity index (χ1) is 34.4. The van der Waals surface area contributed by atoms with Crippen molar-refractivity contribution >= 4 is 71.7 Å². The van der Waals surface area contributed by atoms with Crippen LogP contribution in [0.4, 0.5) is 17.1 Å². The SMILES string of the molecule is Cc1ccc(N(c2ccc3c(c2)C(C)(C)c2cc(-c4ccc5ccccc5c4)c4oc5ccccc5c4c2-3)c2ccc3c(c2)C(C)(C)c2c4c(c5oc6ccccc6c5c2-3)-c2ccccc2C4(C)C)cc1. The lowest BCUT2D eigenvalue weighted by molar-refractivity contribution is 0.600. The third-order valence-corrected chi connectivity index (χ3v) is 17.0. The van der Waals surface area contributed by atoms with E-state index in [4.69, 9.17) is 8.83 Å². The Morgan fingerprint density at radius 2 is 0.901 bits per heavy atom. The fraction of sp³-hybridized carbons (Fsp3) is 0.147. The lowest BCUT2D eigenvalue weighted by atomic mass is 9.72. The summed E-state index contributed by atoms with van der Waals surface area (Å²) in [5, 5.41) is 7.18. The monoisotopic (exact) mass is 913 g/mol. The Bertz CT molecular complexity index is 4320. The Labute approximate surface area is 413 Å². The van der Waals surface area contributed by atoms with Crippen molar-refractivity contribution in [2.75, 3.05) is 4.90 Å². The van der Waals surface area contributed by atoms with Gasteiger partial charge in [-0.05, 0) is 145 Å². The fourth-order valence-corrected chi connectivity index (χ4v) is 13.6. The van der Waals surface area contributed by atoms with E-state index in [1.807, 2.05) is 0 Å². The van der Waals surface area contributed by atoms with E-state index < -0.39 is 0 Å². The molecule has 3 nitrogen and oxygen atoms in total. The van der Waals surface area contributed by atoms with Crippen LogP contribution in [-0.2, 0) is 16.2 Å². The predicted molar refractivity (Wildman–Crippen MR) is 296 cm³/mol. The summed E-state index contributed by atoms with van der Waals surface area (Å²) in [4.78, 5) is 2.48. The van der Waals surface area contributed by atoms with Crippen molar-refractivity contribution in [1.29, 1.82) is 0 Å². The van der Waals surface area contributed by atoms with Crippen LogP contribution in [-0.4, -0.2) is 0 Å². The molecule has 3 heteroatoms. The number of benzene rings is 10. The number of rotatable bonds is 4.